The van der Waals surface area contributed by atoms with Crippen LogP contribution in [0.1, 0.15) is 18.5 Å². The number of hydrogen-bond acceptors (Lipinski definition) is 6. The van der Waals surface area contributed by atoms with Gasteiger partial charge in [-0.2, -0.15) is 5.10 Å². The Hall–Kier alpha value is -4.08. The molecule has 1 saturated heterocycles. The minimum atomic E-state index is -2.61. The lowest BCUT2D eigenvalue weighted by molar-refractivity contribution is -0.0450. The van der Waals surface area contributed by atoms with Crippen molar-refractivity contribution in [2.75, 3.05) is 18.4 Å². The molecule has 2 aliphatic heterocycles. The molecule has 0 aromatic carbocycles. The third-order valence-corrected chi connectivity index (χ3v) is 5.99. The van der Waals surface area contributed by atoms with Gasteiger partial charge in [-0.15, -0.1) is 0 Å². The molecule has 8 nitrogen and oxygen atoms in total. The van der Waals surface area contributed by atoms with E-state index in [2.05, 4.69) is 30.5 Å². The second kappa shape index (κ2) is 7.51. The molecule has 0 unspecified atom stereocenters. The maximum absolute atomic E-state index is 13.7. The van der Waals surface area contributed by atoms with E-state index < -0.39 is 5.92 Å². The number of hydrogen-bond donors (Lipinski definition) is 3. The predicted octanol–water partition coefficient (Wildman–Crippen LogP) is 4.42. The van der Waals surface area contributed by atoms with Crippen molar-refractivity contribution in [1.29, 1.82) is 0 Å². The molecule has 3 N–H and O–H groups in total. The molecule has 10 heteroatoms. The summed E-state index contributed by atoms with van der Waals surface area (Å²) in [7, 11) is 0. The number of rotatable bonds is 3. The molecule has 6 heterocycles. The second-order valence-corrected chi connectivity index (χ2v) is 8.14. The number of aromatic amines is 2. The molecular weight excluding hydrogens is 426 g/mol. The summed E-state index contributed by atoms with van der Waals surface area (Å²) in [5.41, 5.74) is 4.70. The molecule has 4 aromatic heterocycles. The number of allylic oxidation sites excluding steroid dienone is 2. The van der Waals surface area contributed by atoms with Crippen molar-refractivity contribution in [1.82, 2.24) is 35.0 Å². The molecule has 0 radical (unpaired) electrons. The zero-order valence-corrected chi connectivity index (χ0v) is 17.5. The lowest BCUT2D eigenvalue weighted by Crippen LogP contribution is -2.38. The van der Waals surface area contributed by atoms with Crippen LogP contribution in [0.2, 0.25) is 0 Å². The number of anilines is 1. The van der Waals surface area contributed by atoms with E-state index in [1.165, 1.54) is 0 Å². The lowest BCUT2D eigenvalue weighted by atomic mass is 10.1. The van der Waals surface area contributed by atoms with E-state index in [9.17, 15) is 8.78 Å². The van der Waals surface area contributed by atoms with E-state index in [1.807, 2.05) is 35.3 Å². The predicted molar refractivity (Wildman–Crippen MR) is 121 cm³/mol. The maximum atomic E-state index is 13.7. The Labute approximate surface area is 187 Å². The first-order valence-electron chi connectivity index (χ1n) is 10.7. The van der Waals surface area contributed by atoms with Crippen LogP contribution in [0.4, 0.5) is 14.6 Å². The highest BCUT2D eigenvalue weighted by atomic mass is 19.3. The first-order valence-corrected chi connectivity index (χ1v) is 10.7. The van der Waals surface area contributed by atoms with Crippen molar-refractivity contribution in [2.24, 2.45) is 0 Å². The number of nitrogens with one attached hydrogen (secondary N) is 3. The summed E-state index contributed by atoms with van der Waals surface area (Å²) in [6.07, 6.45) is 10.4. The van der Waals surface area contributed by atoms with Gasteiger partial charge in [0.25, 0.3) is 5.92 Å². The average molecular weight is 446 g/mol. The van der Waals surface area contributed by atoms with Crippen LogP contribution >= 0.6 is 0 Å². The highest BCUT2D eigenvalue weighted by molar-refractivity contribution is 5.93. The quantitative estimate of drug-likeness (QED) is 0.431. The van der Waals surface area contributed by atoms with E-state index in [0.29, 0.717) is 17.3 Å². The van der Waals surface area contributed by atoms with Gasteiger partial charge < -0.3 is 15.2 Å². The first-order chi connectivity index (χ1) is 16.1. The number of H-pyrrole nitrogens is 2. The fraction of sp³-hybridized carbons (Fsp3) is 0.217. The van der Waals surface area contributed by atoms with Crippen LogP contribution in [0, 0.1) is 0 Å². The summed E-state index contributed by atoms with van der Waals surface area (Å²) in [4.78, 5) is 18.8. The van der Waals surface area contributed by atoms with Gasteiger partial charge in [0.1, 0.15) is 11.4 Å². The van der Waals surface area contributed by atoms with Crippen molar-refractivity contribution in [3.05, 3.63) is 60.8 Å². The number of aromatic nitrogens is 6. The number of piperidine rings is 1. The Kier molecular flexibility index (Phi) is 4.46. The molecule has 0 spiro atoms. The van der Waals surface area contributed by atoms with Crippen LogP contribution in [-0.2, 0) is 0 Å². The summed E-state index contributed by atoms with van der Waals surface area (Å²) < 4.78 is 27.4. The van der Waals surface area contributed by atoms with E-state index in [0.717, 1.165) is 33.6 Å². The third-order valence-electron chi connectivity index (χ3n) is 5.99. The van der Waals surface area contributed by atoms with Crippen LogP contribution in [0.25, 0.3) is 39.4 Å². The summed E-state index contributed by atoms with van der Waals surface area (Å²) in [5.74, 6) is -1.41. The summed E-state index contributed by atoms with van der Waals surface area (Å²) >= 11 is 0. The van der Waals surface area contributed by atoms with Crippen molar-refractivity contribution < 1.29 is 8.78 Å². The second-order valence-electron chi connectivity index (χ2n) is 8.14. The molecule has 0 atom stereocenters. The number of likely N-dealkylation sites (tertiary alicyclic amines) is 1. The van der Waals surface area contributed by atoms with Gasteiger partial charge in [-0.05, 0) is 30.4 Å². The van der Waals surface area contributed by atoms with Gasteiger partial charge in [0.05, 0.1) is 23.1 Å². The Morgan fingerprint density at radius 1 is 1.12 bits per heavy atom. The van der Waals surface area contributed by atoms with Crippen molar-refractivity contribution in [3.8, 4) is 22.8 Å². The average Bonchev–Trinajstić information content (AvgIpc) is 3.39. The highest BCUT2D eigenvalue weighted by Crippen LogP contribution is 2.36. The molecule has 33 heavy (non-hydrogen) atoms. The number of nitrogens with zero attached hydrogens (tertiary/aromatic N) is 5. The molecule has 2 aliphatic rings. The molecule has 0 aliphatic carbocycles. The molecule has 6 rings (SSSR count). The van der Waals surface area contributed by atoms with Crippen LogP contribution in [-0.4, -0.2) is 54.0 Å². The van der Waals surface area contributed by atoms with E-state index in [1.54, 1.807) is 24.8 Å². The molecule has 0 saturated carbocycles. The molecule has 166 valence electrons. The largest absolute Gasteiger partial charge is 0.369 e. The Morgan fingerprint density at radius 3 is 2.82 bits per heavy atom. The van der Waals surface area contributed by atoms with Gasteiger partial charge in [0, 0.05) is 55.5 Å². The topological polar surface area (TPSA) is 98.4 Å². The van der Waals surface area contributed by atoms with Crippen LogP contribution in [0.15, 0.2) is 55.1 Å². The lowest BCUT2D eigenvalue weighted by Gasteiger charge is -2.34. The fourth-order valence-corrected chi connectivity index (χ4v) is 4.23. The molecule has 4 aromatic rings. The Balaban J connectivity index is 1.39. The number of fused-ring (bicyclic) bond motifs is 2. The number of halogens is 2. The molecular formula is C23H20F2N8. The van der Waals surface area contributed by atoms with E-state index in [4.69, 9.17) is 4.98 Å². The van der Waals surface area contributed by atoms with E-state index in [-0.39, 0.29) is 25.9 Å². The summed E-state index contributed by atoms with van der Waals surface area (Å²) in [6.45, 7) is 0.567. The minimum Gasteiger partial charge on any atom is -0.369 e. The van der Waals surface area contributed by atoms with Crippen molar-refractivity contribution in [3.63, 3.8) is 0 Å². The first kappa shape index (κ1) is 19.6. The molecule has 0 amide bonds. The fourth-order valence-electron chi connectivity index (χ4n) is 4.23. The normalized spacial score (nSPS) is 17.4. The molecule has 0 bridgehead atoms. The van der Waals surface area contributed by atoms with Crippen LogP contribution in [0.3, 0.4) is 0 Å². The van der Waals surface area contributed by atoms with Gasteiger partial charge in [-0.3, -0.25) is 15.1 Å². The SMILES string of the molecule is FC1(F)CCN(C2=CC=CNc3nc(-c4n[nH]c5cnc(-c6cccnc6)cc45)[nH]c32)CC1. The van der Waals surface area contributed by atoms with Crippen LogP contribution < -0.4 is 5.32 Å². The zero-order chi connectivity index (χ0) is 22.4. The van der Waals surface area contributed by atoms with Crippen LogP contribution in [0.5, 0.6) is 0 Å². The van der Waals surface area contributed by atoms with Gasteiger partial charge in [-0.1, -0.05) is 0 Å². The van der Waals surface area contributed by atoms with Crippen molar-refractivity contribution in [2.45, 2.75) is 18.8 Å². The standard InChI is InChI=1S/C23H20F2N8/c24-23(25)5-9-33(10-6-23)18-4-2-8-27-21-20(18)29-22(30-21)19-15-11-16(14-3-1-7-26-12-14)28-13-17(15)31-32-19/h1-4,7-8,11-13,27H,5-6,9-10H2,(H,29,30)(H,31,32). The Morgan fingerprint density at radius 2 is 2.00 bits per heavy atom. The zero-order valence-electron chi connectivity index (χ0n) is 17.5. The number of imidazole rings is 1. The maximum Gasteiger partial charge on any atom is 0.251 e. The summed E-state index contributed by atoms with van der Waals surface area (Å²) in [6, 6.07) is 5.77. The summed E-state index contributed by atoms with van der Waals surface area (Å²) in [5, 5.41) is 11.5. The monoisotopic (exact) mass is 446 g/mol. The minimum absolute atomic E-state index is 0.161. The smallest absolute Gasteiger partial charge is 0.251 e. The van der Waals surface area contributed by atoms with E-state index >= 15 is 0 Å². The van der Waals surface area contributed by atoms with Gasteiger partial charge >= 0.3 is 0 Å². The molecule has 1 fully saturated rings. The van der Waals surface area contributed by atoms with Gasteiger partial charge in [-0.25, -0.2) is 13.8 Å². The number of alkyl halides is 2. The van der Waals surface area contributed by atoms with Gasteiger partial charge in [0.2, 0.25) is 0 Å². The Bertz CT molecular complexity index is 1380. The third kappa shape index (κ3) is 3.53. The van der Waals surface area contributed by atoms with Gasteiger partial charge in [0.15, 0.2) is 11.6 Å². The highest BCUT2D eigenvalue weighted by Gasteiger charge is 2.35. The number of pyridine rings is 2. The van der Waals surface area contributed by atoms with Crippen molar-refractivity contribution >= 4 is 22.4 Å².